The Hall–Kier alpha value is -7.69. The summed E-state index contributed by atoms with van der Waals surface area (Å²) < 4.78 is 6.60. The lowest BCUT2D eigenvalue weighted by Gasteiger charge is -2.29. The summed E-state index contributed by atoms with van der Waals surface area (Å²) in [6.07, 6.45) is 4.27. The molecule has 3 aromatic heterocycles. The largest absolute Gasteiger partial charge is 0.456 e. The highest BCUT2D eigenvalue weighted by Gasteiger charge is 2.27. The highest BCUT2D eigenvalue weighted by Crippen LogP contribution is 2.45. The molecule has 0 unspecified atom stereocenters. The molecule has 0 saturated heterocycles. The molecule has 63 heavy (non-hydrogen) atoms. The molecule has 3 heterocycles. The number of para-hydroxylation sites is 1. The van der Waals surface area contributed by atoms with Gasteiger partial charge < -0.3 is 4.42 Å². The van der Waals surface area contributed by atoms with Crippen molar-refractivity contribution in [2.75, 3.05) is 0 Å². The number of benzene rings is 8. The van der Waals surface area contributed by atoms with Gasteiger partial charge in [0.25, 0.3) is 0 Å². The number of furan rings is 1. The molecule has 0 N–H and O–H groups in total. The van der Waals surface area contributed by atoms with Crippen LogP contribution in [0.2, 0.25) is 0 Å². The molecule has 8 aromatic carbocycles. The van der Waals surface area contributed by atoms with Crippen LogP contribution in [0.25, 0.3) is 99.8 Å². The number of rotatable bonds is 7. The summed E-state index contributed by atoms with van der Waals surface area (Å²) >= 11 is 0. The predicted octanol–water partition coefficient (Wildman–Crippen LogP) is 15.9. The molecule has 4 heteroatoms. The van der Waals surface area contributed by atoms with E-state index >= 15 is 0 Å². The van der Waals surface area contributed by atoms with Gasteiger partial charge in [-0.1, -0.05) is 152 Å². The van der Waals surface area contributed by atoms with Crippen LogP contribution in [0.4, 0.5) is 0 Å². The molecule has 0 aliphatic heterocycles. The van der Waals surface area contributed by atoms with E-state index in [0.29, 0.717) is 11.8 Å². The molecule has 0 amide bonds. The maximum absolute atomic E-state index is 6.60. The predicted molar refractivity (Wildman–Crippen MR) is 260 cm³/mol. The molecule has 12 rings (SSSR count). The summed E-state index contributed by atoms with van der Waals surface area (Å²) in [4.78, 5) is 15.9. The molecular weight excluding hydrogens is 767 g/mol. The Morgan fingerprint density at radius 2 is 0.952 bits per heavy atom. The summed E-state index contributed by atoms with van der Waals surface area (Å²) in [7, 11) is 0. The van der Waals surface area contributed by atoms with Crippen LogP contribution in [0.1, 0.15) is 48.8 Å². The first-order chi connectivity index (χ1) is 31.2. The second kappa shape index (κ2) is 15.6. The van der Waals surface area contributed by atoms with Gasteiger partial charge in [-0.15, -0.1) is 0 Å². The van der Waals surface area contributed by atoms with Gasteiger partial charge >= 0.3 is 0 Å². The van der Waals surface area contributed by atoms with Gasteiger partial charge in [0.2, 0.25) is 0 Å². The van der Waals surface area contributed by atoms with Gasteiger partial charge in [0.15, 0.2) is 5.82 Å². The number of nitrogens with zero attached hydrogens (tertiary/aromatic N) is 3. The van der Waals surface area contributed by atoms with Crippen molar-refractivity contribution in [2.45, 2.75) is 37.5 Å². The molecule has 0 spiro atoms. The van der Waals surface area contributed by atoms with Crippen molar-refractivity contribution in [1.82, 2.24) is 15.0 Å². The Morgan fingerprint density at radius 3 is 1.68 bits per heavy atom. The molecule has 0 atom stereocenters. The lowest BCUT2D eigenvalue weighted by molar-refractivity contribution is 0.391. The van der Waals surface area contributed by atoms with E-state index in [1.165, 1.54) is 38.4 Å². The van der Waals surface area contributed by atoms with Crippen molar-refractivity contribution in [3.63, 3.8) is 0 Å². The van der Waals surface area contributed by atoms with Crippen molar-refractivity contribution in [3.8, 4) is 56.2 Å². The summed E-state index contributed by atoms with van der Waals surface area (Å²) in [6, 6.07) is 71.1. The molecular formula is C59H43N3O. The van der Waals surface area contributed by atoms with Gasteiger partial charge in [0.05, 0.1) is 16.9 Å². The zero-order valence-electron chi connectivity index (χ0n) is 34.8. The van der Waals surface area contributed by atoms with E-state index in [2.05, 4.69) is 200 Å². The minimum absolute atomic E-state index is 0.328. The fourth-order valence-electron chi connectivity index (χ4n) is 10.0. The second-order valence-electron chi connectivity index (χ2n) is 17.0. The van der Waals surface area contributed by atoms with Crippen LogP contribution >= 0.6 is 0 Å². The lowest BCUT2D eigenvalue weighted by atomic mass is 9.77. The smallest absolute Gasteiger partial charge is 0.160 e. The normalized spacial score (nSPS) is 15.4. The van der Waals surface area contributed by atoms with Gasteiger partial charge in [0.1, 0.15) is 11.2 Å². The molecule has 4 nitrogen and oxygen atoms in total. The summed E-state index contributed by atoms with van der Waals surface area (Å²) in [5.74, 6) is 1.54. The van der Waals surface area contributed by atoms with Crippen LogP contribution < -0.4 is 0 Å². The van der Waals surface area contributed by atoms with Crippen molar-refractivity contribution in [2.24, 2.45) is 0 Å². The molecule has 1 aliphatic carbocycles. The SMILES string of the molecule is c1ccc(-c2cccc(-c3cc(C4CCC(c5ccc6oc7ccc8c(-c9ccccc9)nc9ccccc9c8c7c6c5)CC4)nc(-c4cccc(-c5ccccc5)c4)n3)c2)cc1. The molecule has 1 fully saturated rings. The standard InChI is InChI=1S/C59H43N3O/c1-4-14-38(15-5-1)43-20-12-22-46(34-43)53-37-52(61-59(62-53)47-23-13-21-44(35-47)39-16-6-2-7-17-39)41-28-26-40(27-29-41)45-30-32-54-50(36-45)57-55(63-54)33-31-49-56(57)48-24-10-11-25-51(48)60-58(49)42-18-8-3-9-19-42/h1-25,30-37,40-41H,26-29H2. The Bertz CT molecular complexity index is 3360. The van der Waals surface area contributed by atoms with Crippen LogP contribution in [0.3, 0.4) is 0 Å². The van der Waals surface area contributed by atoms with E-state index in [9.17, 15) is 0 Å². The van der Waals surface area contributed by atoms with Gasteiger partial charge in [-0.3, -0.25) is 0 Å². The molecule has 300 valence electrons. The molecule has 11 aromatic rings. The first-order valence-corrected chi connectivity index (χ1v) is 22.1. The van der Waals surface area contributed by atoms with Gasteiger partial charge in [-0.2, -0.15) is 0 Å². The van der Waals surface area contributed by atoms with E-state index in [1.54, 1.807) is 0 Å². The summed E-state index contributed by atoms with van der Waals surface area (Å²) in [6.45, 7) is 0. The number of hydrogen-bond acceptors (Lipinski definition) is 4. The zero-order chi connectivity index (χ0) is 41.7. The highest BCUT2D eigenvalue weighted by atomic mass is 16.3. The van der Waals surface area contributed by atoms with E-state index in [1.807, 2.05) is 0 Å². The maximum atomic E-state index is 6.60. The first kappa shape index (κ1) is 37.1. The van der Waals surface area contributed by atoms with Crippen LogP contribution in [-0.2, 0) is 0 Å². The lowest BCUT2D eigenvalue weighted by Crippen LogP contribution is -2.14. The molecule has 0 radical (unpaired) electrons. The van der Waals surface area contributed by atoms with Crippen LogP contribution in [0.15, 0.2) is 205 Å². The first-order valence-electron chi connectivity index (χ1n) is 22.1. The van der Waals surface area contributed by atoms with Crippen molar-refractivity contribution < 1.29 is 4.42 Å². The van der Waals surface area contributed by atoms with E-state index < -0.39 is 0 Å². The topological polar surface area (TPSA) is 51.8 Å². The maximum Gasteiger partial charge on any atom is 0.160 e. The zero-order valence-corrected chi connectivity index (χ0v) is 34.8. The average Bonchev–Trinajstić information content (AvgIpc) is 3.75. The third kappa shape index (κ3) is 6.85. The van der Waals surface area contributed by atoms with E-state index in [0.717, 1.165) is 98.3 Å². The Morgan fingerprint density at radius 1 is 0.365 bits per heavy atom. The fourth-order valence-corrected chi connectivity index (χ4v) is 10.0. The summed E-state index contributed by atoms with van der Waals surface area (Å²) in [5.41, 5.74) is 15.2. The minimum atomic E-state index is 0.328. The number of hydrogen-bond donors (Lipinski definition) is 0. The number of aromatic nitrogens is 3. The second-order valence-corrected chi connectivity index (χ2v) is 17.0. The Kier molecular flexibility index (Phi) is 9.22. The van der Waals surface area contributed by atoms with Crippen LogP contribution in [0, 0.1) is 0 Å². The van der Waals surface area contributed by atoms with Gasteiger partial charge in [-0.25, -0.2) is 15.0 Å². The van der Waals surface area contributed by atoms with Crippen LogP contribution in [0.5, 0.6) is 0 Å². The van der Waals surface area contributed by atoms with Gasteiger partial charge in [-0.05, 0) is 108 Å². The quantitative estimate of drug-likeness (QED) is 0.151. The monoisotopic (exact) mass is 809 g/mol. The van der Waals surface area contributed by atoms with Crippen LogP contribution in [-0.4, -0.2) is 15.0 Å². The van der Waals surface area contributed by atoms with Crippen molar-refractivity contribution in [1.29, 1.82) is 0 Å². The van der Waals surface area contributed by atoms with Crippen molar-refractivity contribution >= 4 is 43.6 Å². The third-order valence-electron chi connectivity index (χ3n) is 13.2. The van der Waals surface area contributed by atoms with Gasteiger partial charge in [0, 0.05) is 55.2 Å². The Balaban J connectivity index is 0.906. The molecule has 0 bridgehead atoms. The third-order valence-corrected chi connectivity index (χ3v) is 13.2. The summed E-state index contributed by atoms with van der Waals surface area (Å²) in [5, 5.41) is 5.83. The number of fused-ring (bicyclic) bond motifs is 7. The average molecular weight is 810 g/mol. The number of pyridine rings is 1. The minimum Gasteiger partial charge on any atom is -0.456 e. The van der Waals surface area contributed by atoms with E-state index in [-0.39, 0.29) is 0 Å². The fraction of sp³-hybridized carbons (Fsp3) is 0.102. The van der Waals surface area contributed by atoms with E-state index in [4.69, 9.17) is 19.4 Å². The highest BCUT2D eigenvalue weighted by molar-refractivity contribution is 6.28. The molecule has 1 saturated carbocycles. The van der Waals surface area contributed by atoms with Crippen molar-refractivity contribution in [3.05, 3.63) is 211 Å². The Labute approximate surface area is 366 Å². The molecule has 1 aliphatic rings.